The molecular formula is C12H16BrF3N2. The molecule has 0 spiro atoms. The van der Waals surface area contributed by atoms with Crippen LogP contribution in [-0.2, 0) is 6.18 Å². The van der Waals surface area contributed by atoms with Crippen LogP contribution in [0.1, 0.15) is 37.4 Å². The highest BCUT2D eigenvalue weighted by atomic mass is 79.9. The first-order chi connectivity index (χ1) is 8.31. The van der Waals surface area contributed by atoms with Crippen LogP contribution in [0.15, 0.2) is 22.7 Å². The van der Waals surface area contributed by atoms with Gasteiger partial charge >= 0.3 is 6.18 Å². The molecule has 0 bridgehead atoms. The summed E-state index contributed by atoms with van der Waals surface area (Å²) in [6, 6.07) is 3.91. The summed E-state index contributed by atoms with van der Waals surface area (Å²) in [5.41, 5.74) is 2.45. The van der Waals surface area contributed by atoms with E-state index in [0.29, 0.717) is 5.56 Å². The second-order valence-electron chi connectivity index (χ2n) is 4.27. The van der Waals surface area contributed by atoms with E-state index in [-0.39, 0.29) is 16.4 Å². The third-order valence-corrected chi connectivity index (χ3v) is 3.74. The molecule has 102 valence electrons. The monoisotopic (exact) mass is 324 g/mol. The first-order valence-electron chi connectivity index (χ1n) is 5.64. The number of benzene rings is 1. The molecule has 0 aliphatic heterocycles. The zero-order chi connectivity index (χ0) is 13.9. The Hall–Kier alpha value is -0.590. The largest absolute Gasteiger partial charge is 0.417 e. The quantitative estimate of drug-likeness (QED) is 0.648. The maximum Gasteiger partial charge on any atom is 0.417 e. The summed E-state index contributed by atoms with van der Waals surface area (Å²) in [5.74, 6) is 5.59. The van der Waals surface area contributed by atoms with Crippen LogP contribution in [0.2, 0.25) is 0 Å². The fourth-order valence-electron chi connectivity index (χ4n) is 1.78. The first-order valence-corrected chi connectivity index (χ1v) is 6.43. The second-order valence-corrected chi connectivity index (χ2v) is 5.12. The molecule has 0 aliphatic carbocycles. The standard InChI is InChI=1S/C12H16BrF3N2/c1-3-7(2)11(18-17)8-4-5-10(13)9(6-8)12(14,15)16/h4-7,11,18H,3,17H2,1-2H3. The molecule has 0 saturated heterocycles. The normalized spacial score (nSPS) is 15.5. The number of nitrogens with two attached hydrogens (primary N) is 1. The average Bonchev–Trinajstić information content (AvgIpc) is 2.30. The molecule has 0 aliphatic rings. The SMILES string of the molecule is CCC(C)C(NN)c1ccc(Br)c(C(F)(F)F)c1. The van der Waals surface area contributed by atoms with E-state index in [2.05, 4.69) is 21.4 Å². The minimum atomic E-state index is -4.37. The first kappa shape index (κ1) is 15.5. The minimum absolute atomic E-state index is 0.0404. The van der Waals surface area contributed by atoms with Crippen LogP contribution in [0.3, 0.4) is 0 Å². The Labute approximate surface area is 113 Å². The fraction of sp³-hybridized carbons (Fsp3) is 0.500. The second kappa shape index (κ2) is 6.04. The Bertz CT molecular complexity index is 407. The van der Waals surface area contributed by atoms with Gasteiger partial charge in [0.2, 0.25) is 0 Å². The van der Waals surface area contributed by atoms with Gasteiger partial charge in [0.05, 0.1) is 5.56 Å². The van der Waals surface area contributed by atoms with Gasteiger partial charge in [-0.3, -0.25) is 11.3 Å². The minimum Gasteiger partial charge on any atom is -0.271 e. The molecule has 2 atom stereocenters. The average molecular weight is 325 g/mol. The van der Waals surface area contributed by atoms with Gasteiger partial charge in [-0.1, -0.05) is 42.3 Å². The lowest BCUT2D eigenvalue weighted by molar-refractivity contribution is -0.138. The summed E-state index contributed by atoms with van der Waals surface area (Å²) in [5, 5.41) is 0. The summed E-state index contributed by atoms with van der Waals surface area (Å²) in [4.78, 5) is 0. The van der Waals surface area contributed by atoms with E-state index >= 15 is 0 Å². The van der Waals surface area contributed by atoms with Crippen LogP contribution in [0, 0.1) is 5.92 Å². The topological polar surface area (TPSA) is 38.0 Å². The number of rotatable bonds is 4. The van der Waals surface area contributed by atoms with Crippen LogP contribution < -0.4 is 11.3 Å². The lowest BCUT2D eigenvalue weighted by Gasteiger charge is -2.23. The van der Waals surface area contributed by atoms with E-state index in [9.17, 15) is 13.2 Å². The third-order valence-electron chi connectivity index (χ3n) is 3.05. The molecule has 0 saturated carbocycles. The zero-order valence-corrected chi connectivity index (χ0v) is 11.8. The number of hydrogen-bond acceptors (Lipinski definition) is 2. The van der Waals surface area contributed by atoms with E-state index in [1.165, 1.54) is 6.07 Å². The molecule has 0 heterocycles. The Morgan fingerprint density at radius 3 is 2.44 bits per heavy atom. The smallest absolute Gasteiger partial charge is 0.271 e. The van der Waals surface area contributed by atoms with Gasteiger partial charge in [0.15, 0.2) is 0 Å². The van der Waals surface area contributed by atoms with Crippen molar-refractivity contribution < 1.29 is 13.2 Å². The molecule has 1 aromatic carbocycles. The van der Waals surface area contributed by atoms with Crippen molar-refractivity contribution in [2.75, 3.05) is 0 Å². The van der Waals surface area contributed by atoms with Gasteiger partial charge in [-0.05, 0) is 23.6 Å². The zero-order valence-electron chi connectivity index (χ0n) is 10.2. The van der Waals surface area contributed by atoms with Crippen molar-refractivity contribution in [1.82, 2.24) is 5.43 Å². The molecular weight excluding hydrogens is 309 g/mol. The van der Waals surface area contributed by atoms with Crippen molar-refractivity contribution in [3.05, 3.63) is 33.8 Å². The molecule has 2 nitrogen and oxygen atoms in total. The van der Waals surface area contributed by atoms with E-state index in [1.807, 2.05) is 13.8 Å². The molecule has 2 unspecified atom stereocenters. The summed E-state index contributed by atoms with van der Waals surface area (Å²) in [6.45, 7) is 3.92. The summed E-state index contributed by atoms with van der Waals surface area (Å²) < 4.78 is 38.4. The summed E-state index contributed by atoms with van der Waals surface area (Å²) in [6.07, 6.45) is -3.55. The number of alkyl halides is 3. The van der Waals surface area contributed by atoms with Crippen LogP contribution in [-0.4, -0.2) is 0 Å². The van der Waals surface area contributed by atoms with Gasteiger partial charge in [0.25, 0.3) is 0 Å². The molecule has 0 fully saturated rings. The highest BCUT2D eigenvalue weighted by Crippen LogP contribution is 2.37. The Morgan fingerprint density at radius 1 is 1.39 bits per heavy atom. The van der Waals surface area contributed by atoms with E-state index in [0.717, 1.165) is 12.5 Å². The van der Waals surface area contributed by atoms with Crippen molar-refractivity contribution in [2.24, 2.45) is 11.8 Å². The van der Waals surface area contributed by atoms with E-state index in [4.69, 9.17) is 5.84 Å². The van der Waals surface area contributed by atoms with Crippen LogP contribution >= 0.6 is 15.9 Å². The number of halogens is 4. The van der Waals surface area contributed by atoms with Gasteiger partial charge in [-0.2, -0.15) is 13.2 Å². The molecule has 0 amide bonds. The Morgan fingerprint density at radius 2 is 2.00 bits per heavy atom. The lowest BCUT2D eigenvalue weighted by atomic mass is 9.92. The highest BCUT2D eigenvalue weighted by molar-refractivity contribution is 9.10. The summed E-state index contributed by atoms with van der Waals surface area (Å²) in [7, 11) is 0. The van der Waals surface area contributed by atoms with Crippen molar-refractivity contribution in [3.63, 3.8) is 0 Å². The van der Waals surface area contributed by atoms with E-state index in [1.54, 1.807) is 6.07 Å². The highest BCUT2D eigenvalue weighted by Gasteiger charge is 2.33. The molecule has 0 aromatic heterocycles. The molecule has 3 N–H and O–H groups in total. The number of hydrazine groups is 1. The van der Waals surface area contributed by atoms with Gasteiger partial charge < -0.3 is 0 Å². The molecule has 0 radical (unpaired) electrons. The van der Waals surface area contributed by atoms with Crippen LogP contribution in [0.5, 0.6) is 0 Å². The number of hydrogen-bond donors (Lipinski definition) is 2. The Kier molecular flexibility index (Phi) is 5.19. The summed E-state index contributed by atoms with van der Waals surface area (Å²) >= 11 is 2.92. The van der Waals surface area contributed by atoms with Gasteiger partial charge in [0, 0.05) is 10.5 Å². The van der Waals surface area contributed by atoms with Crippen molar-refractivity contribution in [3.8, 4) is 0 Å². The van der Waals surface area contributed by atoms with Crippen molar-refractivity contribution in [2.45, 2.75) is 32.5 Å². The Balaban J connectivity index is 3.18. The predicted octanol–water partition coefficient (Wildman–Crippen LogP) is 4.02. The van der Waals surface area contributed by atoms with Gasteiger partial charge in [-0.15, -0.1) is 0 Å². The number of nitrogens with one attached hydrogen (secondary N) is 1. The van der Waals surface area contributed by atoms with Crippen LogP contribution in [0.4, 0.5) is 13.2 Å². The van der Waals surface area contributed by atoms with Gasteiger partial charge in [-0.25, -0.2) is 0 Å². The maximum atomic E-state index is 12.8. The molecule has 1 rings (SSSR count). The van der Waals surface area contributed by atoms with Crippen molar-refractivity contribution in [1.29, 1.82) is 0 Å². The lowest BCUT2D eigenvalue weighted by Crippen LogP contribution is -2.32. The van der Waals surface area contributed by atoms with E-state index < -0.39 is 11.7 Å². The molecule has 1 aromatic rings. The maximum absolute atomic E-state index is 12.8. The molecule has 6 heteroatoms. The van der Waals surface area contributed by atoms with Gasteiger partial charge in [0.1, 0.15) is 0 Å². The fourth-order valence-corrected chi connectivity index (χ4v) is 2.25. The predicted molar refractivity (Wildman–Crippen MR) is 68.7 cm³/mol. The molecule has 18 heavy (non-hydrogen) atoms. The van der Waals surface area contributed by atoms with Crippen molar-refractivity contribution >= 4 is 15.9 Å². The van der Waals surface area contributed by atoms with Crippen LogP contribution in [0.25, 0.3) is 0 Å². The third kappa shape index (κ3) is 3.46.